The molecular weight excluding hydrogens is 416 g/mol. The summed E-state index contributed by atoms with van der Waals surface area (Å²) in [4.78, 5) is 39.1. The molecule has 31 heavy (non-hydrogen) atoms. The molecule has 4 aromatic rings. The number of aromatic nitrogens is 2. The highest BCUT2D eigenvalue weighted by atomic mass is 32.1. The van der Waals surface area contributed by atoms with Crippen molar-refractivity contribution in [2.75, 3.05) is 7.11 Å². The molecular formula is C23H20N2O5S. The maximum Gasteiger partial charge on any atom is 0.340 e. The molecule has 2 heterocycles. The summed E-state index contributed by atoms with van der Waals surface area (Å²) in [6.45, 7) is 0.183. The van der Waals surface area contributed by atoms with Crippen molar-refractivity contribution < 1.29 is 14.3 Å². The van der Waals surface area contributed by atoms with E-state index in [2.05, 4.69) is 0 Å². The van der Waals surface area contributed by atoms with Gasteiger partial charge in [0.05, 0.1) is 24.6 Å². The van der Waals surface area contributed by atoms with E-state index in [-0.39, 0.29) is 24.1 Å². The van der Waals surface area contributed by atoms with Gasteiger partial charge in [-0.25, -0.2) is 9.59 Å². The van der Waals surface area contributed by atoms with Gasteiger partial charge in [-0.1, -0.05) is 42.5 Å². The SMILES string of the molecule is COc1ccc(COC(=O)c2csc3c2c(=O)n(Cc2ccccc2)c(=O)n3C)cc1. The molecule has 0 amide bonds. The minimum absolute atomic E-state index is 0.0597. The van der Waals surface area contributed by atoms with Gasteiger partial charge in [0.15, 0.2) is 0 Å². The Morgan fingerprint density at radius 1 is 1.00 bits per heavy atom. The number of thiophene rings is 1. The lowest BCUT2D eigenvalue weighted by atomic mass is 10.2. The van der Waals surface area contributed by atoms with Crippen molar-refractivity contribution in [1.29, 1.82) is 0 Å². The van der Waals surface area contributed by atoms with Crippen LogP contribution in [0.5, 0.6) is 5.75 Å². The molecule has 0 unspecified atom stereocenters. The van der Waals surface area contributed by atoms with Crippen LogP contribution in [0.25, 0.3) is 10.2 Å². The van der Waals surface area contributed by atoms with Gasteiger partial charge < -0.3 is 9.47 Å². The van der Waals surface area contributed by atoms with Crippen molar-refractivity contribution >= 4 is 27.5 Å². The summed E-state index contributed by atoms with van der Waals surface area (Å²) in [6, 6.07) is 16.4. The molecule has 0 aliphatic heterocycles. The minimum atomic E-state index is -0.607. The van der Waals surface area contributed by atoms with E-state index in [0.29, 0.717) is 10.6 Å². The average Bonchev–Trinajstić information content (AvgIpc) is 3.25. The second-order valence-corrected chi connectivity index (χ2v) is 7.83. The van der Waals surface area contributed by atoms with Crippen LogP contribution in [0.3, 0.4) is 0 Å². The summed E-state index contributed by atoms with van der Waals surface area (Å²) >= 11 is 1.17. The second kappa shape index (κ2) is 8.61. The number of esters is 1. The van der Waals surface area contributed by atoms with Gasteiger partial charge in [-0.3, -0.25) is 13.9 Å². The molecule has 0 N–H and O–H groups in total. The number of hydrogen-bond donors (Lipinski definition) is 0. The molecule has 2 aromatic heterocycles. The Bertz CT molecular complexity index is 1350. The molecule has 8 heteroatoms. The number of hydrogen-bond acceptors (Lipinski definition) is 6. The molecule has 0 saturated carbocycles. The monoisotopic (exact) mass is 436 g/mol. The number of fused-ring (bicyclic) bond motifs is 1. The molecule has 0 radical (unpaired) electrons. The van der Waals surface area contributed by atoms with Crippen LogP contribution in [-0.2, 0) is 24.9 Å². The van der Waals surface area contributed by atoms with Gasteiger partial charge in [-0.05, 0) is 23.3 Å². The van der Waals surface area contributed by atoms with Gasteiger partial charge >= 0.3 is 11.7 Å². The lowest BCUT2D eigenvalue weighted by Crippen LogP contribution is -2.39. The molecule has 0 spiro atoms. The molecule has 0 fully saturated rings. The summed E-state index contributed by atoms with van der Waals surface area (Å²) in [6.07, 6.45) is 0. The summed E-state index contributed by atoms with van der Waals surface area (Å²) in [5.41, 5.74) is 0.847. The standard InChI is InChI=1S/C23H20N2O5S/c1-24-21-19(20(26)25(23(24)28)12-15-6-4-3-5-7-15)18(14-31-21)22(27)30-13-16-8-10-17(29-2)11-9-16/h3-11,14H,12-13H2,1-2H3. The van der Waals surface area contributed by atoms with Gasteiger partial charge in [-0.15, -0.1) is 11.3 Å². The molecule has 2 aromatic carbocycles. The third-order valence-electron chi connectivity index (χ3n) is 4.99. The van der Waals surface area contributed by atoms with Crippen LogP contribution in [0.15, 0.2) is 69.6 Å². The number of rotatable bonds is 6. The Balaban J connectivity index is 1.67. The molecule has 0 aliphatic carbocycles. The Kier molecular flexibility index (Phi) is 5.73. The highest BCUT2D eigenvalue weighted by molar-refractivity contribution is 7.17. The lowest BCUT2D eigenvalue weighted by Gasteiger charge is -2.09. The van der Waals surface area contributed by atoms with Crippen LogP contribution in [0.2, 0.25) is 0 Å². The number of aryl methyl sites for hydroxylation is 1. The van der Waals surface area contributed by atoms with E-state index in [4.69, 9.17) is 9.47 Å². The fourth-order valence-electron chi connectivity index (χ4n) is 3.29. The molecule has 0 atom stereocenters. The van der Waals surface area contributed by atoms with Crippen LogP contribution < -0.4 is 16.0 Å². The lowest BCUT2D eigenvalue weighted by molar-refractivity contribution is 0.0475. The predicted octanol–water partition coefficient (Wildman–Crippen LogP) is 3.18. The molecule has 4 rings (SSSR count). The topological polar surface area (TPSA) is 79.5 Å². The third kappa shape index (κ3) is 4.02. The van der Waals surface area contributed by atoms with Crippen LogP contribution in [0.1, 0.15) is 21.5 Å². The molecule has 7 nitrogen and oxygen atoms in total. The normalized spacial score (nSPS) is 10.9. The smallest absolute Gasteiger partial charge is 0.340 e. The van der Waals surface area contributed by atoms with Crippen molar-refractivity contribution in [2.45, 2.75) is 13.2 Å². The van der Waals surface area contributed by atoms with E-state index < -0.39 is 17.2 Å². The van der Waals surface area contributed by atoms with Crippen molar-refractivity contribution in [1.82, 2.24) is 9.13 Å². The Hall–Kier alpha value is -3.65. The molecule has 158 valence electrons. The summed E-state index contributed by atoms with van der Waals surface area (Å²) in [7, 11) is 3.17. The average molecular weight is 436 g/mol. The zero-order valence-electron chi connectivity index (χ0n) is 17.0. The van der Waals surface area contributed by atoms with E-state index in [1.54, 1.807) is 43.8 Å². The van der Waals surface area contributed by atoms with Gasteiger partial charge in [0.25, 0.3) is 5.56 Å². The number of ether oxygens (including phenoxy) is 2. The number of methoxy groups -OCH3 is 1. The van der Waals surface area contributed by atoms with Gasteiger partial charge in [0.2, 0.25) is 0 Å². The Morgan fingerprint density at radius 3 is 2.39 bits per heavy atom. The Morgan fingerprint density at radius 2 is 1.71 bits per heavy atom. The van der Waals surface area contributed by atoms with Crippen molar-refractivity contribution in [3.05, 3.63) is 97.5 Å². The number of carbonyl (C=O) groups excluding carboxylic acids is 1. The summed E-state index contributed by atoms with van der Waals surface area (Å²) in [5.74, 6) is 0.0999. The van der Waals surface area contributed by atoms with Crippen LogP contribution in [-0.4, -0.2) is 22.2 Å². The highest BCUT2D eigenvalue weighted by Gasteiger charge is 2.21. The van der Waals surface area contributed by atoms with Crippen molar-refractivity contribution in [3.63, 3.8) is 0 Å². The summed E-state index contributed by atoms with van der Waals surface area (Å²) in [5, 5.41) is 1.76. The summed E-state index contributed by atoms with van der Waals surface area (Å²) < 4.78 is 13.1. The van der Waals surface area contributed by atoms with Crippen LogP contribution in [0, 0.1) is 0 Å². The zero-order chi connectivity index (χ0) is 22.0. The molecule has 0 bridgehead atoms. The first-order valence-electron chi connectivity index (χ1n) is 9.54. The highest BCUT2D eigenvalue weighted by Crippen LogP contribution is 2.23. The van der Waals surface area contributed by atoms with Gasteiger partial charge in [0.1, 0.15) is 17.2 Å². The maximum absolute atomic E-state index is 13.2. The van der Waals surface area contributed by atoms with E-state index in [1.165, 1.54) is 15.9 Å². The van der Waals surface area contributed by atoms with Crippen molar-refractivity contribution in [3.8, 4) is 5.75 Å². The van der Waals surface area contributed by atoms with Crippen molar-refractivity contribution in [2.24, 2.45) is 7.05 Å². The predicted molar refractivity (Wildman–Crippen MR) is 119 cm³/mol. The van der Waals surface area contributed by atoms with Crippen LogP contribution >= 0.6 is 11.3 Å². The quantitative estimate of drug-likeness (QED) is 0.434. The fourth-order valence-corrected chi connectivity index (χ4v) is 4.29. The first-order valence-corrected chi connectivity index (χ1v) is 10.4. The first-order chi connectivity index (χ1) is 15.0. The van der Waals surface area contributed by atoms with E-state index in [9.17, 15) is 14.4 Å². The maximum atomic E-state index is 13.2. The zero-order valence-corrected chi connectivity index (χ0v) is 17.8. The third-order valence-corrected chi connectivity index (χ3v) is 6.04. The van der Waals surface area contributed by atoms with E-state index in [0.717, 1.165) is 15.7 Å². The van der Waals surface area contributed by atoms with E-state index >= 15 is 0 Å². The van der Waals surface area contributed by atoms with Crippen LogP contribution in [0.4, 0.5) is 0 Å². The molecule has 0 aliphatic rings. The largest absolute Gasteiger partial charge is 0.497 e. The molecule has 0 saturated heterocycles. The number of nitrogens with zero attached hydrogens (tertiary/aromatic N) is 2. The minimum Gasteiger partial charge on any atom is -0.497 e. The second-order valence-electron chi connectivity index (χ2n) is 6.97. The van der Waals surface area contributed by atoms with Gasteiger partial charge in [0, 0.05) is 12.4 Å². The Labute approximate surface area is 181 Å². The number of carbonyl (C=O) groups is 1. The number of benzene rings is 2. The van der Waals surface area contributed by atoms with Gasteiger partial charge in [-0.2, -0.15) is 0 Å². The first kappa shape index (κ1) is 20.6. The fraction of sp³-hybridized carbons (Fsp3) is 0.174. The van der Waals surface area contributed by atoms with E-state index in [1.807, 2.05) is 30.3 Å².